The Morgan fingerprint density at radius 2 is 1.63 bits per heavy atom. The molecule has 0 spiro atoms. The lowest BCUT2D eigenvalue weighted by Gasteiger charge is -2.28. The van der Waals surface area contributed by atoms with Crippen LogP contribution in [0.2, 0.25) is 0 Å². The Balaban J connectivity index is 2.56. The van der Waals surface area contributed by atoms with Gasteiger partial charge in [-0.1, -0.05) is 65.5 Å². The minimum atomic E-state index is -1.11. The maximum absolute atomic E-state index is 12.5. The van der Waals surface area contributed by atoms with Crippen LogP contribution in [0.15, 0.2) is 17.0 Å². The SMILES string of the molecule is CC(C)(C)c1cc(C=C2SC(=S)N(CC(=O)O)C2=O)cc(C(C)(C)C)c1O. The van der Waals surface area contributed by atoms with Crippen molar-refractivity contribution in [1.29, 1.82) is 0 Å². The first-order chi connectivity index (χ1) is 12.2. The number of thioether (sulfide) groups is 1. The summed E-state index contributed by atoms with van der Waals surface area (Å²) in [5.41, 5.74) is 1.80. The van der Waals surface area contributed by atoms with Crippen molar-refractivity contribution in [3.05, 3.63) is 33.7 Å². The molecule has 1 aliphatic heterocycles. The number of hydrogen-bond acceptors (Lipinski definition) is 5. The molecule has 1 heterocycles. The summed E-state index contributed by atoms with van der Waals surface area (Å²) >= 11 is 6.24. The van der Waals surface area contributed by atoms with Gasteiger partial charge < -0.3 is 10.2 Å². The van der Waals surface area contributed by atoms with E-state index in [2.05, 4.69) is 0 Å². The highest BCUT2D eigenvalue weighted by Gasteiger charge is 2.34. The van der Waals surface area contributed by atoms with Gasteiger partial charge in [0.05, 0.1) is 4.91 Å². The highest BCUT2D eigenvalue weighted by molar-refractivity contribution is 8.26. The Hall–Kier alpha value is -1.86. The molecule has 0 atom stereocenters. The van der Waals surface area contributed by atoms with E-state index in [1.54, 1.807) is 6.08 Å². The van der Waals surface area contributed by atoms with Crippen molar-refractivity contribution < 1.29 is 19.8 Å². The molecule has 1 aromatic rings. The van der Waals surface area contributed by atoms with Crippen molar-refractivity contribution in [3.63, 3.8) is 0 Å². The number of amides is 1. The highest BCUT2D eigenvalue weighted by Crippen LogP contribution is 2.41. The molecule has 0 aromatic heterocycles. The lowest BCUT2D eigenvalue weighted by Crippen LogP contribution is -2.33. The van der Waals surface area contributed by atoms with Crippen LogP contribution in [0.4, 0.5) is 0 Å². The van der Waals surface area contributed by atoms with Crippen LogP contribution in [0.25, 0.3) is 6.08 Å². The summed E-state index contributed by atoms with van der Waals surface area (Å²) in [6, 6.07) is 3.74. The fourth-order valence-electron chi connectivity index (χ4n) is 2.81. The number of phenols is 1. The van der Waals surface area contributed by atoms with Crippen LogP contribution in [0.5, 0.6) is 5.75 Å². The molecule has 1 fully saturated rings. The predicted molar refractivity (Wildman–Crippen MR) is 113 cm³/mol. The van der Waals surface area contributed by atoms with Crippen LogP contribution in [0.1, 0.15) is 58.2 Å². The monoisotopic (exact) mass is 407 g/mol. The Labute approximate surface area is 169 Å². The van der Waals surface area contributed by atoms with Crippen molar-refractivity contribution in [1.82, 2.24) is 4.90 Å². The molecule has 0 bridgehead atoms. The summed E-state index contributed by atoms with van der Waals surface area (Å²) in [7, 11) is 0. The number of thiocarbonyl (C=S) groups is 1. The number of aromatic hydroxyl groups is 1. The molecule has 2 rings (SSSR count). The van der Waals surface area contributed by atoms with Gasteiger partial charge in [-0.05, 0) is 34.6 Å². The molecule has 0 unspecified atom stereocenters. The van der Waals surface area contributed by atoms with E-state index in [-0.39, 0.29) is 20.9 Å². The van der Waals surface area contributed by atoms with Gasteiger partial charge in [0.15, 0.2) is 0 Å². The molecule has 1 amide bonds. The molecule has 7 heteroatoms. The molecule has 0 aliphatic carbocycles. The van der Waals surface area contributed by atoms with Gasteiger partial charge in [0, 0.05) is 11.1 Å². The van der Waals surface area contributed by atoms with Crippen LogP contribution in [-0.4, -0.2) is 37.9 Å². The number of carboxylic acid groups (broad SMARTS) is 1. The summed E-state index contributed by atoms with van der Waals surface area (Å²) in [4.78, 5) is 24.9. The number of carbonyl (C=O) groups is 2. The van der Waals surface area contributed by atoms with Gasteiger partial charge in [-0.15, -0.1) is 0 Å². The molecule has 2 N–H and O–H groups in total. The van der Waals surface area contributed by atoms with Crippen molar-refractivity contribution in [2.75, 3.05) is 6.54 Å². The number of phenolic OH excluding ortho intramolecular Hbond substituents is 1. The normalized spacial score (nSPS) is 17.1. The standard InChI is InChI=1S/C20H25NO4S2/c1-19(2,3)12-7-11(8-13(16(12)24)20(4,5)6)9-14-17(25)21(10-15(22)23)18(26)27-14/h7-9,24H,10H2,1-6H3,(H,22,23). The number of hydrogen-bond donors (Lipinski definition) is 2. The molecule has 5 nitrogen and oxygen atoms in total. The summed E-state index contributed by atoms with van der Waals surface area (Å²) in [6.07, 6.45) is 1.71. The van der Waals surface area contributed by atoms with Crippen molar-refractivity contribution in [2.45, 2.75) is 52.4 Å². The van der Waals surface area contributed by atoms with E-state index >= 15 is 0 Å². The van der Waals surface area contributed by atoms with E-state index in [4.69, 9.17) is 17.3 Å². The van der Waals surface area contributed by atoms with Crippen LogP contribution < -0.4 is 0 Å². The van der Waals surface area contributed by atoms with E-state index in [0.717, 1.165) is 33.4 Å². The van der Waals surface area contributed by atoms with Gasteiger partial charge in [-0.25, -0.2) is 0 Å². The second-order valence-electron chi connectivity index (χ2n) is 8.63. The minimum absolute atomic E-state index is 0.236. The number of benzene rings is 1. The molecule has 1 aliphatic rings. The topological polar surface area (TPSA) is 77.8 Å². The van der Waals surface area contributed by atoms with Crippen molar-refractivity contribution in [2.24, 2.45) is 0 Å². The van der Waals surface area contributed by atoms with E-state index < -0.39 is 18.4 Å². The van der Waals surface area contributed by atoms with Gasteiger partial charge in [0.2, 0.25) is 0 Å². The maximum atomic E-state index is 12.5. The average molecular weight is 408 g/mol. The summed E-state index contributed by atoms with van der Waals surface area (Å²) < 4.78 is 0.236. The molecular formula is C20H25NO4S2. The molecular weight excluding hydrogens is 382 g/mol. The summed E-state index contributed by atoms with van der Waals surface area (Å²) in [6.45, 7) is 11.7. The van der Waals surface area contributed by atoms with Crippen LogP contribution in [-0.2, 0) is 20.4 Å². The Morgan fingerprint density at radius 3 is 2.04 bits per heavy atom. The van der Waals surface area contributed by atoms with Crippen molar-refractivity contribution >= 4 is 46.3 Å². The number of aliphatic carboxylic acids is 1. The quantitative estimate of drug-likeness (QED) is 0.575. The molecule has 0 radical (unpaired) electrons. The molecule has 1 saturated heterocycles. The molecule has 0 saturated carbocycles. The van der Waals surface area contributed by atoms with Gasteiger partial charge >= 0.3 is 5.97 Å². The minimum Gasteiger partial charge on any atom is -0.507 e. The van der Waals surface area contributed by atoms with Gasteiger partial charge in [-0.2, -0.15) is 0 Å². The smallest absolute Gasteiger partial charge is 0.323 e. The number of rotatable bonds is 3. The van der Waals surface area contributed by atoms with Crippen LogP contribution in [0, 0.1) is 0 Å². The lowest BCUT2D eigenvalue weighted by atomic mass is 9.78. The first-order valence-corrected chi connectivity index (χ1v) is 9.79. The van der Waals surface area contributed by atoms with Crippen LogP contribution in [0.3, 0.4) is 0 Å². The fourth-order valence-corrected chi connectivity index (χ4v) is 4.06. The van der Waals surface area contributed by atoms with E-state index in [1.807, 2.05) is 53.7 Å². The van der Waals surface area contributed by atoms with Gasteiger partial charge in [-0.3, -0.25) is 14.5 Å². The molecule has 146 valence electrons. The fraction of sp³-hybridized carbons (Fsp3) is 0.450. The second-order valence-corrected chi connectivity index (χ2v) is 10.3. The van der Waals surface area contributed by atoms with E-state index in [0.29, 0.717) is 4.91 Å². The zero-order valence-electron chi connectivity index (χ0n) is 16.4. The first-order valence-electron chi connectivity index (χ1n) is 8.57. The lowest BCUT2D eigenvalue weighted by molar-refractivity contribution is -0.140. The second kappa shape index (κ2) is 7.28. The van der Waals surface area contributed by atoms with E-state index in [1.165, 1.54) is 0 Å². The zero-order valence-corrected chi connectivity index (χ0v) is 18.0. The third-order valence-electron chi connectivity index (χ3n) is 4.21. The Kier molecular flexibility index (Phi) is 5.78. The third kappa shape index (κ3) is 4.71. The Bertz CT molecular complexity index is 810. The number of carbonyl (C=O) groups excluding carboxylic acids is 1. The number of carboxylic acids is 1. The first kappa shape index (κ1) is 21.4. The molecule has 1 aromatic carbocycles. The van der Waals surface area contributed by atoms with Gasteiger partial charge in [0.25, 0.3) is 5.91 Å². The number of nitrogens with zero attached hydrogens (tertiary/aromatic N) is 1. The predicted octanol–water partition coefficient (Wildman–Crippen LogP) is 4.27. The van der Waals surface area contributed by atoms with E-state index in [9.17, 15) is 14.7 Å². The average Bonchev–Trinajstić information content (AvgIpc) is 2.73. The molecule has 27 heavy (non-hydrogen) atoms. The summed E-state index contributed by atoms with van der Waals surface area (Å²) in [5, 5.41) is 19.8. The van der Waals surface area contributed by atoms with Crippen LogP contribution >= 0.6 is 24.0 Å². The summed E-state index contributed by atoms with van der Waals surface area (Å²) in [5.74, 6) is -1.25. The largest absolute Gasteiger partial charge is 0.507 e. The van der Waals surface area contributed by atoms with Gasteiger partial charge in [0.1, 0.15) is 16.6 Å². The Morgan fingerprint density at radius 1 is 1.15 bits per heavy atom. The highest BCUT2D eigenvalue weighted by atomic mass is 32.2. The maximum Gasteiger partial charge on any atom is 0.323 e. The third-order valence-corrected chi connectivity index (χ3v) is 5.59. The zero-order chi connectivity index (χ0) is 20.7. The van der Waals surface area contributed by atoms with Crippen molar-refractivity contribution in [3.8, 4) is 5.75 Å².